The minimum atomic E-state index is -1.13. The number of benzene rings is 3. The van der Waals surface area contributed by atoms with Gasteiger partial charge in [0.05, 0.1) is 17.0 Å². The van der Waals surface area contributed by atoms with Crippen LogP contribution in [0.4, 0.5) is 5.69 Å². The smallest absolute Gasteiger partial charge is 0.308 e. The van der Waals surface area contributed by atoms with Gasteiger partial charge in [-0.15, -0.1) is 0 Å². The zero-order valence-electron chi connectivity index (χ0n) is 17.9. The van der Waals surface area contributed by atoms with Crippen molar-refractivity contribution in [1.82, 2.24) is 5.32 Å². The Kier molecular flexibility index (Phi) is 5.22. The molecular weight excluding hydrogens is 418 g/mol. The van der Waals surface area contributed by atoms with Gasteiger partial charge in [-0.25, -0.2) is 4.99 Å². The number of ether oxygens (including phenoxy) is 1. The molecule has 0 aromatic heterocycles. The number of carbonyl (C=O) groups excluding carboxylic acids is 3. The van der Waals surface area contributed by atoms with Gasteiger partial charge in [-0.05, 0) is 24.1 Å². The van der Waals surface area contributed by atoms with Crippen LogP contribution >= 0.6 is 0 Å². The van der Waals surface area contributed by atoms with Crippen LogP contribution in [0.2, 0.25) is 0 Å². The second kappa shape index (κ2) is 8.35. The van der Waals surface area contributed by atoms with Crippen LogP contribution in [0.3, 0.4) is 0 Å². The second-order valence-electron chi connectivity index (χ2n) is 7.86. The van der Waals surface area contributed by atoms with Gasteiger partial charge in [0.1, 0.15) is 5.75 Å². The zero-order valence-corrected chi connectivity index (χ0v) is 17.9. The quantitative estimate of drug-likeness (QED) is 0.500. The molecule has 0 bridgehead atoms. The van der Waals surface area contributed by atoms with Gasteiger partial charge >= 0.3 is 5.97 Å². The molecule has 3 aromatic carbocycles. The Balaban J connectivity index is 1.57. The lowest BCUT2D eigenvalue weighted by Crippen LogP contribution is -2.47. The number of anilines is 1. The van der Waals surface area contributed by atoms with Gasteiger partial charge in [0.25, 0.3) is 11.8 Å². The molecule has 2 aliphatic heterocycles. The van der Waals surface area contributed by atoms with Crippen molar-refractivity contribution in [1.29, 1.82) is 0 Å². The number of esters is 1. The summed E-state index contributed by atoms with van der Waals surface area (Å²) in [6.45, 7) is 1.79. The van der Waals surface area contributed by atoms with Crippen molar-refractivity contribution in [3.05, 3.63) is 95.1 Å². The largest absolute Gasteiger partial charge is 0.426 e. The maximum Gasteiger partial charge on any atom is 0.308 e. The van der Waals surface area contributed by atoms with Crippen LogP contribution in [0.1, 0.15) is 34.0 Å². The molecule has 1 N–H and O–H groups in total. The molecule has 0 spiro atoms. The van der Waals surface area contributed by atoms with Crippen molar-refractivity contribution in [3.8, 4) is 5.75 Å². The molecule has 1 atom stereocenters. The number of para-hydroxylation sites is 2. The summed E-state index contributed by atoms with van der Waals surface area (Å²) in [4.78, 5) is 44.5. The fourth-order valence-electron chi connectivity index (χ4n) is 4.29. The third-order valence-electron chi connectivity index (χ3n) is 5.71. The number of nitrogens with zero attached hydrogens (tertiary/aromatic N) is 2. The third-order valence-corrected chi connectivity index (χ3v) is 5.71. The van der Waals surface area contributed by atoms with Crippen LogP contribution < -0.4 is 15.0 Å². The number of aliphatic imine (C=N–C) groups is 1. The summed E-state index contributed by atoms with van der Waals surface area (Å²) in [5.74, 6) is -1.26. The van der Waals surface area contributed by atoms with E-state index < -0.39 is 18.0 Å². The average Bonchev–Trinajstić information content (AvgIpc) is 3.21. The fourth-order valence-corrected chi connectivity index (χ4v) is 4.29. The maximum absolute atomic E-state index is 13.5. The fraction of sp³-hybridized carbons (Fsp3) is 0.154. The van der Waals surface area contributed by atoms with Crippen molar-refractivity contribution in [2.24, 2.45) is 4.99 Å². The number of nitrogens with one attached hydrogen (secondary N) is 1. The van der Waals surface area contributed by atoms with Crippen LogP contribution in [-0.2, 0) is 16.0 Å². The number of amides is 2. The Hall–Kier alpha value is -4.26. The second-order valence-corrected chi connectivity index (χ2v) is 7.86. The number of hydrogen-bond donors (Lipinski definition) is 1. The summed E-state index contributed by atoms with van der Waals surface area (Å²) >= 11 is 0. The molecule has 7 heteroatoms. The van der Waals surface area contributed by atoms with E-state index in [4.69, 9.17) is 9.73 Å². The van der Waals surface area contributed by atoms with Crippen molar-refractivity contribution in [2.45, 2.75) is 19.5 Å². The molecule has 0 fully saturated rings. The molecule has 5 rings (SSSR count). The Morgan fingerprint density at radius 1 is 1.00 bits per heavy atom. The Morgan fingerprint density at radius 3 is 2.55 bits per heavy atom. The van der Waals surface area contributed by atoms with Crippen LogP contribution in [0, 0.1) is 0 Å². The minimum absolute atomic E-state index is 0.127. The topological polar surface area (TPSA) is 88.1 Å². The lowest BCUT2D eigenvalue weighted by molar-refractivity contribution is -0.131. The van der Waals surface area contributed by atoms with E-state index in [0.29, 0.717) is 12.3 Å². The van der Waals surface area contributed by atoms with Gasteiger partial charge in [0, 0.05) is 24.6 Å². The molecule has 7 nitrogen and oxygen atoms in total. The SMILES string of the molecule is CC(=O)Oc1ccccc1C(=O)N[C@@H]1N=C(c2ccccc2)c2cccc3c2N(CC3)C1=O. The summed E-state index contributed by atoms with van der Waals surface area (Å²) in [5.41, 5.74) is 4.44. The monoisotopic (exact) mass is 439 g/mol. The summed E-state index contributed by atoms with van der Waals surface area (Å²) in [5, 5.41) is 2.75. The van der Waals surface area contributed by atoms with Crippen LogP contribution in [-0.4, -0.2) is 36.2 Å². The highest BCUT2D eigenvalue weighted by atomic mass is 16.5. The van der Waals surface area contributed by atoms with Crippen molar-refractivity contribution in [3.63, 3.8) is 0 Å². The summed E-state index contributed by atoms with van der Waals surface area (Å²) < 4.78 is 5.17. The average molecular weight is 439 g/mol. The van der Waals surface area contributed by atoms with Crippen molar-refractivity contribution >= 4 is 29.2 Å². The first-order valence-electron chi connectivity index (χ1n) is 10.7. The predicted molar refractivity (Wildman–Crippen MR) is 124 cm³/mol. The van der Waals surface area contributed by atoms with Crippen molar-refractivity contribution < 1.29 is 19.1 Å². The van der Waals surface area contributed by atoms with E-state index >= 15 is 0 Å². The third kappa shape index (κ3) is 3.78. The Bertz CT molecular complexity index is 1300. The molecule has 0 saturated heterocycles. The number of rotatable bonds is 4. The first-order chi connectivity index (χ1) is 16.0. The van der Waals surface area contributed by atoms with Crippen LogP contribution in [0.5, 0.6) is 5.75 Å². The predicted octanol–water partition coefficient (Wildman–Crippen LogP) is 3.11. The van der Waals surface area contributed by atoms with E-state index in [2.05, 4.69) is 5.32 Å². The van der Waals surface area contributed by atoms with Gasteiger partial charge in [0.15, 0.2) is 0 Å². The van der Waals surface area contributed by atoms with Gasteiger partial charge in [-0.3, -0.25) is 14.4 Å². The standard InChI is InChI=1S/C26H21N3O4/c1-16(30)33-21-13-6-5-11-19(21)25(31)28-24-26(32)29-15-14-18-10-7-12-20(23(18)29)22(27-24)17-8-3-2-4-9-17/h2-13,24H,14-15H2,1H3,(H,28,31)/t24-/m0/s1. The van der Waals surface area contributed by atoms with Crippen LogP contribution in [0.15, 0.2) is 77.8 Å². The van der Waals surface area contributed by atoms with E-state index in [9.17, 15) is 14.4 Å². The molecule has 3 aromatic rings. The highest BCUT2D eigenvalue weighted by Crippen LogP contribution is 2.36. The maximum atomic E-state index is 13.5. The van der Waals surface area contributed by atoms with Gasteiger partial charge in [-0.1, -0.05) is 60.7 Å². The lowest BCUT2D eigenvalue weighted by Gasteiger charge is -2.21. The highest BCUT2D eigenvalue weighted by Gasteiger charge is 2.37. The van der Waals surface area contributed by atoms with Crippen LogP contribution in [0.25, 0.3) is 0 Å². The minimum Gasteiger partial charge on any atom is -0.426 e. The first kappa shape index (κ1) is 20.6. The molecule has 2 aliphatic rings. The highest BCUT2D eigenvalue weighted by molar-refractivity contribution is 6.21. The van der Waals surface area contributed by atoms with E-state index in [1.807, 2.05) is 48.5 Å². The molecule has 33 heavy (non-hydrogen) atoms. The molecule has 2 amide bonds. The van der Waals surface area contributed by atoms with Crippen molar-refractivity contribution in [2.75, 3.05) is 11.4 Å². The molecule has 164 valence electrons. The summed E-state index contributed by atoms with van der Waals surface area (Å²) in [7, 11) is 0. The Morgan fingerprint density at radius 2 is 1.76 bits per heavy atom. The zero-order chi connectivity index (χ0) is 22.9. The van der Waals surface area contributed by atoms with E-state index in [1.54, 1.807) is 23.1 Å². The number of hydrogen-bond acceptors (Lipinski definition) is 5. The molecule has 0 saturated carbocycles. The van der Waals surface area contributed by atoms with E-state index in [1.165, 1.54) is 13.0 Å². The normalized spacial score (nSPS) is 16.5. The van der Waals surface area contributed by atoms with E-state index in [0.717, 1.165) is 28.8 Å². The molecule has 0 unspecified atom stereocenters. The van der Waals surface area contributed by atoms with E-state index in [-0.39, 0.29) is 17.2 Å². The summed E-state index contributed by atoms with van der Waals surface area (Å²) in [6.07, 6.45) is -0.385. The van der Waals surface area contributed by atoms with Gasteiger partial charge in [-0.2, -0.15) is 0 Å². The molecule has 0 aliphatic carbocycles. The molecule has 2 heterocycles. The first-order valence-corrected chi connectivity index (χ1v) is 10.7. The lowest BCUT2D eigenvalue weighted by atomic mass is 9.98. The molecule has 0 radical (unpaired) electrons. The molecular formula is C26H21N3O4. The summed E-state index contributed by atoms with van der Waals surface area (Å²) in [6, 6.07) is 21.9. The van der Waals surface area contributed by atoms with Gasteiger partial charge in [0.2, 0.25) is 6.17 Å². The van der Waals surface area contributed by atoms with Gasteiger partial charge < -0.3 is 15.0 Å². The Labute approximate surface area is 190 Å². The number of carbonyl (C=O) groups is 3.